The number of imide groups is 1. The molecule has 1 aliphatic rings. The topological polar surface area (TPSA) is 128 Å². The van der Waals surface area contributed by atoms with Gasteiger partial charge in [0.2, 0.25) is 10.0 Å². The number of para-hydroxylation sites is 1. The fraction of sp³-hybridized carbons (Fsp3) is 0.286. The highest BCUT2D eigenvalue weighted by atomic mass is 35.5. The predicted octanol–water partition coefficient (Wildman–Crippen LogP) is 1.48. The van der Waals surface area contributed by atoms with Gasteiger partial charge in [0.25, 0.3) is 11.8 Å². The Morgan fingerprint density at radius 1 is 1.09 bits per heavy atom. The first kappa shape index (κ1) is 24.6. The maximum absolute atomic E-state index is 12.8. The third-order valence-electron chi connectivity index (χ3n) is 4.70. The molecule has 1 N–H and O–H groups in total. The molecule has 0 aromatic heterocycles. The Bertz CT molecular complexity index is 1160. The summed E-state index contributed by atoms with van der Waals surface area (Å²) in [6.07, 6.45) is 0. The number of methoxy groups -OCH3 is 1. The quantitative estimate of drug-likeness (QED) is 0.571. The van der Waals surface area contributed by atoms with E-state index in [-0.39, 0.29) is 53.1 Å². The number of morpholine rings is 1. The van der Waals surface area contributed by atoms with E-state index in [1.54, 1.807) is 18.2 Å². The third kappa shape index (κ3) is 5.88. The summed E-state index contributed by atoms with van der Waals surface area (Å²) < 4.78 is 42.0. The van der Waals surface area contributed by atoms with Crippen LogP contribution < -0.4 is 10.1 Å². The van der Waals surface area contributed by atoms with Gasteiger partial charge in [0.1, 0.15) is 5.75 Å². The Hall–Kier alpha value is -2.99. The van der Waals surface area contributed by atoms with Crippen molar-refractivity contribution in [1.29, 1.82) is 0 Å². The summed E-state index contributed by atoms with van der Waals surface area (Å²) in [6, 6.07) is 9.91. The Balaban J connectivity index is 1.66. The van der Waals surface area contributed by atoms with Gasteiger partial charge in [0.15, 0.2) is 6.61 Å². The van der Waals surface area contributed by atoms with Crippen LogP contribution >= 0.6 is 11.6 Å². The fourth-order valence-corrected chi connectivity index (χ4v) is 4.66. The number of ether oxygens (including phenoxy) is 3. The molecular formula is C21H21ClN2O8S. The van der Waals surface area contributed by atoms with Gasteiger partial charge in [-0.05, 0) is 30.3 Å². The molecule has 0 saturated carbocycles. The summed E-state index contributed by atoms with van der Waals surface area (Å²) in [6.45, 7) is 0.127. The Kier molecular flexibility index (Phi) is 8.03. The van der Waals surface area contributed by atoms with E-state index in [4.69, 9.17) is 25.8 Å². The monoisotopic (exact) mass is 496 g/mol. The van der Waals surface area contributed by atoms with Gasteiger partial charge in [-0.25, -0.2) is 13.2 Å². The number of nitrogens with zero attached hydrogens (tertiary/aromatic N) is 1. The van der Waals surface area contributed by atoms with Gasteiger partial charge in [-0.2, -0.15) is 4.31 Å². The van der Waals surface area contributed by atoms with Crippen molar-refractivity contribution in [3.63, 3.8) is 0 Å². The van der Waals surface area contributed by atoms with E-state index < -0.39 is 34.4 Å². The van der Waals surface area contributed by atoms with E-state index in [1.165, 1.54) is 29.6 Å². The Labute approximate surface area is 195 Å². The fourth-order valence-electron chi connectivity index (χ4n) is 3.03. The van der Waals surface area contributed by atoms with Crippen molar-refractivity contribution < 1.29 is 37.0 Å². The van der Waals surface area contributed by atoms with Gasteiger partial charge in [0.05, 0.1) is 41.4 Å². The van der Waals surface area contributed by atoms with Gasteiger partial charge in [0, 0.05) is 13.1 Å². The molecule has 0 unspecified atom stereocenters. The molecule has 0 atom stereocenters. The summed E-state index contributed by atoms with van der Waals surface area (Å²) in [5.41, 5.74) is -0.0985. The third-order valence-corrected chi connectivity index (χ3v) is 6.93. The molecule has 0 aliphatic carbocycles. The zero-order valence-corrected chi connectivity index (χ0v) is 19.1. The second-order valence-corrected chi connectivity index (χ2v) is 9.16. The van der Waals surface area contributed by atoms with Crippen molar-refractivity contribution in [2.45, 2.75) is 4.90 Å². The van der Waals surface area contributed by atoms with Crippen molar-refractivity contribution in [3.8, 4) is 5.75 Å². The van der Waals surface area contributed by atoms with Crippen molar-refractivity contribution in [2.75, 3.05) is 40.0 Å². The van der Waals surface area contributed by atoms with Crippen LogP contribution in [0.3, 0.4) is 0 Å². The van der Waals surface area contributed by atoms with Gasteiger partial charge in [-0.1, -0.05) is 23.7 Å². The lowest BCUT2D eigenvalue weighted by Gasteiger charge is -2.26. The minimum absolute atomic E-state index is 0.0496. The molecule has 33 heavy (non-hydrogen) atoms. The predicted molar refractivity (Wildman–Crippen MR) is 117 cm³/mol. The zero-order valence-electron chi connectivity index (χ0n) is 17.6. The first-order valence-corrected chi connectivity index (χ1v) is 11.6. The van der Waals surface area contributed by atoms with Crippen LogP contribution in [0.4, 0.5) is 0 Å². The minimum atomic E-state index is -3.87. The number of esters is 1. The molecule has 1 aliphatic heterocycles. The molecule has 0 bridgehead atoms. The van der Waals surface area contributed by atoms with Gasteiger partial charge < -0.3 is 14.2 Å². The lowest BCUT2D eigenvalue weighted by Crippen LogP contribution is -2.40. The van der Waals surface area contributed by atoms with E-state index in [9.17, 15) is 22.8 Å². The average Bonchev–Trinajstić information content (AvgIpc) is 2.83. The molecule has 3 rings (SSSR count). The second kappa shape index (κ2) is 10.8. The van der Waals surface area contributed by atoms with Crippen LogP contribution in [0.2, 0.25) is 5.02 Å². The summed E-state index contributed by atoms with van der Waals surface area (Å²) >= 11 is 6.04. The van der Waals surface area contributed by atoms with Crippen LogP contribution in [0.25, 0.3) is 0 Å². The highest BCUT2D eigenvalue weighted by Crippen LogP contribution is 2.24. The van der Waals surface area contributed by atoms with Gasteiger partial charge in [-0.15, -0.1) is 0 Å². The highest BCUT2D eigenvalue weighted by molar-refractivity contribution is 7.89. The number of carbonyl (C=O) groups excluding carboxylic acids is 3. The van der Waals surface area contributed by atoms with Crippen LogP contribution in [0.1, 0.15) is 20.7 Å². The number of hydrogen-bond donors (Lipinski definition) is 1. The zero-order chi connectivity index (χ0) is 24.0. The van der Waals surface area contributed by atoms with Crippen molar-refractivity contribution >= 4 is 39.4 Å². The number of amides is 2. The molecule has 1 fully saturated rings. The Morgan fingerprint density at radius 2 is 1.79 bits per heavy atom. The van der Waals surface area contributed by atoms with Gasteiger partial charge >= 0.3 is 5.97 Å². The maximum atomic E-state index is 12.8. The first-order chi connectivity index (χ1) is 15.7. The van der Waals surface area contributed by atoms with E-state index in [1.807, 2.05) is 0 Å². The number of rotatable bonds is 7. The summed E-state index contributed by atoms with van der Waals surface area (Å²) in [7, 11) is -2.49. The van der Waals surface area contributed by atoms with Crippen molar-refractivity contribution in [2.24, 2.45) is 0 Å². The number of nitrogens with one attached hydrogen (secondary N) is 1. The van der Waals surface area contributed by atoms with Crippen LogP contribution in [-0.2, 0) is 24.3 Å². The smallest absolute Gasteiger partial charge is 0.340 e. The molecule has 1 saturated heterocycles. The average molecular weight is 497 g/mol. The number of benzene rings is 2. The van der Waals surface area contributed by atoms with Crippen LogP contribution in [0.15, 0.2) is 47.4 Å². The van der Waals surface area contributed by atoms with E-state index >= 15 is 0 Å². The molecule has 10 nitrogen and oxygen atoms in total. The summed E-state index contributed by atoms with van der Waals surface area (Å²) in [4.78, 5) is 36.7. The molecular weight excluding hydrogens is 476 g/mol. The molecule has 2 amide bonds. The van der Waals surface area contributed by atoms with E-state index in [2.05, 4.69) is 5.32 Å². The normalized spacial score (nSPS) is 14.4. The molecule has 0 spiro atoms. The van der Waals surface area contributed by atoms with Crippen molar-refractivity contribution in [3.05, 3.63) is 58.6 Å². The number of halogens is 1. The first-order valence-electron chi connectivity index (χ1n) is 9.76. The number of carbonyl (C=O) groups is 3. The highest BCUT2D eigenvalue weighted by Gasteiger charge is 2.28. The lowest BCUT2D eigenvalue weighted by atomic mass is 10.2. The number of sulfonamides is 1. The van der Waals surface area contributed by atoms with E-state index in [0.29, 0.717) is 0 Å². The standard InChI is InChI=1S/C21H21ClN2O8S/c1-30-18-5-3-2-4-15(18)20(26)23-19(25)13-32-21(27)16-12-14(6-7-17(16)22)33(28,29)24-8-10-31-11-9-24/h2-7,12H,8-11,13H2,1H3,(H,23,25,26). The molecule has 2 aromatic carbocycles. The number of hydrogen-bond acceptors (Lipinski definition) is 8. The summed E-state index contributed by atoms with van der Waals surface area (Å²) in [5.74, 6) is -2.36. The maximum Gasteiger partial charge on any atom is 0.340 e. The van der Waals surface area contributed by atoms with Gasteiger partial charge in [-0.3, -0.25) is 14.9 Å². The minimum Gasteiger partial charge on any atom is -0.496 e. The lowest BCUT2D eigenvalue weighted by molar-refractivity contribution is -0.123. The van der Waals surface area contributed by atoms with Crippen LogP contribution in [0, 0.1) is 0 Å². The summed E-state index contributed by atoms with van der Waals surface area (Å²) in [5, 5.41) is 2.04. The Morgan fingerprint density at radius 3 is 2.48 bits per heavy atom. The largest absolute Gasteiger partial charge is 0.496 e. The molecule has 176 valence electrons. The second-order valence-electron chi connectivity index (χ2n) is 6.81. The molecule has 12 heteroatoms. The van der Waals surface area contributed by atoms with Crippen LogP contribution in [-0.4, -0.2) is 70.5 Å². The van der Waals surface area contributed by atoms with Crippen molar-refractivity contribution in [1.82, 2.24) is 9.62 Å². The van der Waals surface area contributed by atoms with E-state index in [0.717, 1.165) is 6.07 Å². The van der Waals surface area contributed by atoms with Crippen LogP contribution in [0.5, 0.6) is 5.75 Å². The molecule has 0 radical (unpaired) electrons. The molecule has 1 heterocycles. The SMILES string of the molecule is COc1ccccc1C(=O)NC(=O)COC(=O)c1cc(S(=O)(=O)N2CCOCC2)ccc1Cl. The molecule has 2 aromatic rings.